The van der Waals surface area contributed by atoms with Gasteiger partial charge in [0.15, 0.2) is 6.29 Å². The standard InChI is InChI=1S/C72H139NO8/c1-3-5-7-9-11-13-15-17-19-21-22-23-24-25-26-27-28-29-30-31-32-33-34-35-36-37-38-39-40-41-42-43-44-46-48-50-52-54-56-58-60-62-68(76)73-65(64-80-72-71(79)70(78)69(77)67(63-74)81-72)66(75)61-59-57-55-53-51-49-47-45-20-18-16-14-12-10-8-6-4-2/h51,53,59,61,65-67,69-72,74-75,77-79H,3-50,52,54-58,60,62-64H2,1-2H3,(H,73,76)/b53-51+,61-59+. The monoisotopic (exact) mass is 1150 g/mol. The average Bonchev–Trinajstić information content (AvgIpc) is 3.47. The number of hydrogen-bond acceptors (Lipinski definition) is 8. The molecule has 9 nitrogen and oxygen atoms in total. The smallest absolute Gasteiger partial charge is 0.220 e. The molecule has 480 valence electrons. The summed E-state index contributed by atoms with van der Waals surface area (Å²) in [5.41, 5.74) is 0. The Kier molecular flexibility index (Phi) is 59.2. The topological polar surface area (TPSA) is 149 Å². The van der Waals surface area contributed by atoms with Crippen molar-refractivity contribution in [1.82, 2.24) is 5.32 Å². The Morgan fingerprint density at radius 2 is 0.704 bits per heavy atom. The first-order valence-corrected chi connectivity index (χ1v) is 36.1. The van der Waals surface area contributed by atoms with Crippen LogP contribution in [0.15, 0.2) is 24.3 Å². The molecule has 0 saturated carbocycles. The van der Waals surface area contributed by atoms with E-state index in [0.717, 1.165) is 38.5 Å². The molecular weight excluding hydrogens is 1010 g/mol. The molecular formula is C72H139NO8. The molecule has 0 aromatic heterocycles. The van der Waals surface area contributed by atoms with Crippen LogP contribution in [0.3, 0.4) is 0 Å². The molecule has 0 radical (unpaired) electrons. The molecule has 1 amide bonds. The highest BCUT2D eigenvalue weighted by Gasteiger charge is 2.44. The largest absolute Gasteiger partial charge is 0.394 e. The van der Waals surface area contributed by atoms with Crippen molar-refractivity contribution in [1.29, 1.82) is 0 Å². The van der Waals surface area contributed by atoms with E-state index in [1.165, 1.54) is 315 Å². The van der Waals surface area contributed by atoms with Crippen LogP contribution in [0, 0.1) is 0 Å². The van der Waals surface area contributed by atoms with Crippen LogP contribution >= 0.6 is 0 Å². The number of rotatable bonds is 64. The Morgan fingerprint density at radius 1 is 0.407 bits per heavy atom. The van der Waals surface area contributed by atoms with Crippen LogP contribution in [-0.2, 0) is 14.3 Å². The second-order valence-electron chi connectivity index (χ2n) is 25.4. The Balaban J connectivity index is 2.02. The molecule has 7 atom stereocenters. The van der Waals surface area contributed by atoms with Gasteiger partial charge >= 0.3 is 0 Å². The normalized spacial score (nSPS) is 18.4. The van der Waals surface area contributed by atoms with Gasteiger partial charge in [-0.3, -0.25) is 4.79 Å². The third-order valence-electron chi connectivity index (χ3n) is 17.5. The van der Waals surface area contributed by atoms with E-state index in [1.54, 1.807) is 6.08 Å². The SMILES string of the molecule is CCCCCCCCCCCCC/C=C/CC/C=C/C(O)C(COC1OC(CO)C(O)C(O)C1O)NC(=O)CCCCCCCCCCCCCCCCCCCCCCCCCCCCCCCCCCCCCCCCCCC. The lowest BCUT2D eigenvalue weighted by Gasteiger charge is -2.40. The fourth-order valence-corrected chi connectivity index (χ4v) is 11.9. The van der Waals surface area contributed by atoms with Crippen molar-refractivity contribution in [3.8, 4) is 0 Å². The number of hydrogen-bond donors (Lipinski definition) is 6. The summed E-state index contributed by atoms with van der Waals surface area (Å²) < 4.78 is 11.3. The first-order chi connectivity index (χ1) is 39.8. The Labute approximate surface area is 502 Å². The lowest BCUT2D eigenvalue weighted by Crippen LogP contribution is -2.60. The van der Waals surface area contributed by atoms with Crippen LogP contribution in [0.2, 0.25) is 0 Å². The van der Waals surface area contributed by atoms with Gasteiger partial charge in [-0.15, -0.1) is 0 Å². The molecule has 0 aromatic rings. The molecule has 1 rings (SSSR count). The van der Waals surface area contributed by atoms with Crippen molar-refractivity contribution >= 4 is 5.91 Å². The predicted molar refractivity (Wildman–Crippen MR) is 346 cm³/mol. The fraction of sp³-hybridized carbons (Fsp3) is 0.931. The maximum Gasteiger partial charge on any atom is 0.220 e. The molecule has 9 heteroatoms. The molecule has 0 bridgehead atoms. The van der Waals surface area contributed by atoms with Crippen molar-refractivity contribution in [2.75, 3.05) is 13.2 Å². The zero-order valence-corrected chi connectivity index (χ0v) is 53.8. The van der Waals surface area contributed by atoms with E-state index in [1.807, 2.05) is 6.08 Å². The summed E-state index contributed by atoms with van der Waals surface area (Å²) in [5, 5.41) is 54.6. The van der Waals surface area contributed by atoms with Gasteiger partial charge in [0.25, 0.3) is 0 Å². The number of nitrogens with one attached hydrogen (secondary N) is 1. The molecule has 1 aliphatic heterocycles. The highest BCUT2D eigenvalue weighted by molar-refractivity contribution is 5.76. The molecule has 7 unspecified atom stereocenters. The number of aliphatic hydroxyl groups is 5. The minimum atomic E-state index is -1.57. The minimum absolute atomic E-state index is 0.179. The molecule has 1 saturated heterocycles. The van der Waals surface area contributed by atoms with Crippen LogP contribution in [0.4, 0.5) is 0 Å². The van der Waals surface area contributed by atoms with E-state index in [-0.39, 0.29) is 12.5 Å². The highest BCUT2D eigenvalue weighted by atomic mass is 16.7. The Morgan fingerprint density at radius 3 is 1.04 bits per heavy atom. The van der Waals surface area contributed by atoms with Crippen molar-refractivity contribution < 1.29 is 39.8 Å². The van der Waals surface area contributed by atoms with E-state index in [4.69, 9.17) is 9.47 Å². The van der Waals surface area contributed by atoms with Gasteiger partial charge < -0.3 is 40.3 Å². The first kappa shape index (κ1) is 77.7. The number of aliphatic hydroxyl groups excluding tert-OH is 5. The van der Waals surface area contributed by atoms with Crippen LogP contribution < -0.4 is 5.32 Å². The van der Waals surface area contributed by atoms with Crippen molar-refractivity contribution in [3.63, 3.8) is 0 Å². The number of carbonyl (C=O) groups excluding carboxylic acids is 1. The van der Waals surface area contributed by atoms with Gasteiger partial charge in [0, 0.05) is 6.42 Å². The third-order valence-corrected chi connectivity index (χ3v) is 17.5. The van der Waals surface area contributed by atoms with E-state index in [0.29, 0.717) is 6.42 Å². The van der Waals surface area contributed by atoms with Gasteiger partial charge in [0.1, 0.15) is 24.4 Å². The molecule has 81 heavy (non-hydrogen) atoms. The number of unbranched alkanes of at least 4 members (excludes halogenated alkanes) is 52. The molecule has 0 spiro atoms. The molecule has 6 N–H and O–H groups in total. The molecule has 0 aliphatic carbocycles. The lowest BCUT2D eigenvalue weighted by molar-refractivity contribution is -0.302. The second-order valence-corrected chi connectivity index (χ2v) is 25.4. The quantitative estimate of drug-likeness (QED) is 0.0261. The highest BCUT2D eigenvalue weighted by Crippen LogP contribution is 2.24. The Hall–Kier alpha value is -1.33. The number of carbonyl (C=O) groups is 1. The van der Waals surface area contributed by atoms with Gasteiger partial charge in [-0.25, -0.2) is 0 Å². The van der Waals surface area contributed by atoms with E-state index in [9.17, 15) is 30.3 Å². The molecule has 1 aliphatic rings. The van der Waals surface area contributed by atoms with Crippen LogP contribution in [0.1, 0.15) is 373 Å². The summed E-state index contributed by atoms with van der Waals surface area (Å²) in [7, 11) is 0. The summed E-state index contributed by atoms with van der Waals surface area (Å²) >= 11 is 0. The average molecular weight is 1150 g/mol. The molecule has 0 aromatic carbocycles. The zero-order valence-electron chi connectivity index (χ0n) is 53.8. The summed E-state index contributed by atoms with van der Waals surface area (Å²) in [6.45, 7) is 3.81. The van der Waals surface area contributed by atoms with Crippen molar-refractivity contribution in [2.45, 2.75) is 416 Å². The maximum atomic E-state index is 13.1. The first-order valence-electron chi connectivity index (χ1n) is 36.1. The minimum Gasteiger partial charge on any atom is -0.394 e. The Bertz CT molecular complexity index is 1330. The zero-order chi connectivity index (χ0) is 58.6. The van der Waals surface area contributed by atoms with Crippen LogP contribution in [0.5, 0.6) is 0 Å². The molecule has 1 heterocycles. The van der Waals surface area contributed by atoms with Gasteiger partial charge in [-0.1, -0.05) is 359 Å². The van der Waals surface area contributed by atoms with Crippen molar-refractivity contribution in [2.24, 2.45) is 0 Å². The van der Waals surface area contributed by atoms with Crippen molar-refractivity contribution in [3.05, 3.63) is 24.3 Å². The molecule has 1 fully saturated rings. The van der Waals surface area contributed by atoms with E-state index < -0.39 is 49.5 Å². The third kappa shape index (κ3) is 50.5. The van der Waals surface area contributed by atoms with Gasteiger partial charge in [0.05, 0.1) is 25.4 Å². The predicted octanol–water partition coefficient (Wildman–Crippen LogP) is 19.6. The number of ether oxygens (including phenoxy) is 2. The van der Waals surface area contributed by atoms with E-state index in [2.05, 4.69) is 31.3 Å². The summed E-state index contributed by atoms with van der Waals surface area (Å²) in [6.07, 6.45) is 74.7. The summed E-state index contributed by atoms with van der Waals surface area (Å²) in [4.78, 5) is 13.1. The van der Waals surface area contributed by atoms with Gasteiger partial charge in [-0.05, 0) is 32.1 Å². The second kappa shape index (κ2) is 61.7. The summed E-state index contributed by atoms with van der Waals surface area (Å²) in [6, 6.07) is -0.819. The number of amides is 1. The van der Waals surface area contributed by atoms with Crippen LogP contribution in [-0.4, -0.2) is 87.5 Å². The fourth-order valence-electron chi connectivity index (χ4n) is 11.9. The number of allylic oxidation sites excluding steroid dienone is 3. The van der Waals surface area contributed by atoms with Gasteiger partial charge in [-0.2, -0.15) is 0 Å². The van der Waals surface area contributed by atoms with Gasteiger partial charge in [0.2, 0.25) is 5.91 Å². The summed E-state index contributed by atoms with van der Waals surface area (Å²) in [5.74, 6) is -0.179. The maximum absolute atomic E-state index is 13.1. The lowest BCUT2D eigenvalue weighted by atomic mass is 9.99. The van der Waals surface area contributed by atoms with E-state index >= 15 is 0 Å². The van der Waals surface area contributed by atoms with Crippen LogP contribution in [0.25, 0.3) is 0 Å².